The van der Waals surface area contributed by atoms with Gasteiger partial charge in [-0.2, -0.15) is 0 Å². The Bertz CT molecular complexity index is 1040. The van der Waals surface area contributed by atoms with Crippen molar-refractivity contribution in [1.29, 1.82) is 0 Å². The van der Waals surface area contributed by atoms with E-state index in [2.05, 4.69) is 25.5 Å². The highest BCUT2D eigenvalue weighted by molar-refractivity contribution is 8.01. The smallest absolute Gasteiger partial charge is 0.251 e. The summed E-state index contributed by atoms with van der Waals surface area (Å²) >= 11 is 4.26. The lowest BCUT2D eigenvalue weighted by atomic mass is 10.2. The third-order valence-corrected chi connectivity index (χ3v) is 6.34. The van der Waals surface area contributed by atoms with Gasteiger partial charge in [-0.1, -0.05) is 53.9 Å². The number of aromatic nitrogens is 4. The van der Waals surface area contributed by atoms with Crippen LogP contribution in [0.25, 0.3) is 0 Å². The molecular weight excluding hydrogens is 430 g/mol. The van der Waals surface area contributed by atoms with Crippen LogP contribution in [-0.4, -0.2) is 38.9 Å². The average molecular weight is 450 g/mol. The van der Waals surface area contributed by atoms with Crippen molar-refractivity contribution in [3.05, 3.63) is 51.9 Å². The van der Waals surface area contributed by atoms with Gasteiger partial charge in [0.25, 0.3) is 5.56 Å². The fourth-order valence-electron chi connectivity index (χ4n) is 2.33. The van der Waals surface area contributed by atoms with Gasteiger partial charge in [-0.15, -0.1) is 10.2 Å². The molecule has 0 aliphatic rings. The third-order valence-electron chi connectivity index (χ3n) is 3.54. The molecule has 0 bridgehead atoms. The number of hydrogen-bond donors (Lipinski definition) is 2. The van der Waals surface area contributed by atoms with E-state index < -0.39 is 0 Å². The molecule has 0 unspecified atom stereocenters. The molecule has 1 amide bonds. The summed E-state index contributed by atoms with van der Waals surface area (Å²) in [5.74, 6) is 1.97. The van der Waals surface area contributed by atoms with Gasteiger partial charge in [0.15, 0.2) is 9.50 Å². The number of rotatable bonds is 9. The SMILES string of the molecule is CCSc1nnc(NC(=O)Cc2cc(=O)[nH]c(SCc3cccc(OC)c3)n2)s1. The van der Waals surface area contributed by atoms with E-state index in [0.717, 1.165) is 21.4 Å². The fraction of sp³-hybridized carbons (Fsp3) is 0.278. The van der Waals surface area contributed by atoms with E-state index in [1.165, 1.54) is 29.2 Å². The highest BCUT2D eigenvalue weighted by Gasteiger charge is 2.11. The second kappa shape index (κ2) is 10.4. The number of aromatic amines is 1. The second-order valence-electron chi connectivity index (χ2n) is 5.71. The summed E-state index contributed by atoms with van der Waals surface area (Å²) in [4.78, 5) is 31.3. The molecule has 2 heterocycles. The number of methoxy groups -OCH3 is 1. The van der Waals surface area contributed by atoms with E-state index >= 15 is 0 Å². The number of carbonyl (C=O) groups excluding carboxylic acids is 1. The topological polar surface area (TPSA) is 110 Å². The van der Waals surface area contributed by atoms with Crippen LogP contribution in [0.1, 0.15) is 18.2 Å². The summed E-state index contributed by atoms with van der Waals surface area (Å²) < 4.78 is 6.01. The molecule has 0 aliphatic carbocycles. The zero-order valence-corrected chi connectivity index (χ0v) is 18.2. The predicted octanol–water partition coefficient (Wildman–Crippen LogP) is 3.22. The van der Waals surface area contributed by atoms with Gasteiger partial charge in [0.2, 0.25) is 11.0 Å². The summed E-state index contributed by atoms with van der Waals surface area (Å²) in [7, 11) is 1.62. The summed E-state index contributed by atoms with van der Waals surface area (Å²) in [6, 6.07) is 9.00. The molecule has 0 spiro atoms. The van der Waals surface area contributed by atoms with Crippen molar-refractivity contribution < 1.29 is 9.53 Å². The number of thioether (sulfide) groups is 2. The van der Waals surface area contributed by atoms with Crippen molar-refractivity contribution in [2.45, 2.75) is 28.6 Å². The van der Waals surface area contributed by atoms with Gasteiger partial charge >= 0.3 is 0 Å². The van der Waals surface area contributed by atoms with Crippen LogP contribution < -0.4 is 15.6 Å². The van der Waals surface area contributed by atoms with Gasteiger partial charge in [-0.3, -0.25) is 9.59 Å². The Morgan fingerprint density at radius 2 is 2.14 bits per heavy atom. The highest BCUT2D eigenvalue weighted by atomic mass is 32.2. The van der Waals surface area contributed by atoms with E-state index in [9.17, 15) is 9.59 Å². The zero-order valence-electron chi connectivity index (χ0n) is 15.8. The largest absolute Gasteiger partial charge is 0.497 e. The van der Waals surface area contributed by atoms with Crippen molar-refractivity contribution in [3.8, 4) is 5.75 Å². The molecule has 29 heavy (non-hydrogen) atoms. The Kier molecular flexibility index (Phi) is 7.67. The summed E-state index contributed by atoms with van der Waals surface area (Å²) in [5, 5.41) is 11.5. The van der Waals surface area contributed by atoms with Crippen molar-refractivity contribution in [1.82, 2.24) is 20.2 Å². The van der Waals surface area contributed by atoms with Crippen LogP contribution in [0.2, 0.25) is 0 Å². The van der Waals surface area contributed by atoms with Crippen LogP contribution >= 0.6 is 34.9 Å². The number of ether oxygens (including phenoxy) is 1. The fourth-order valence-corrected chi connectivity index (χ4v) is 4.83. The first kappa shape index (κ1) is 21.3. The Labute approximate surface area is 179 Å². The lowest BCUT2D eigenvalue weighted by molar-refractivity contribution is -0.115. The monoisotopic (exact) mass is 449 g/mol. The van der Waals surface area contributed by atoms with Gasteiger partial charge in [-0.25, -0.2) is 4.98 Å². The molecule has 0 radical (unpaired) electrons. The number of benzene rings is 1. The first-order chi connectivity index (χ1) is 14.1. The lowest BCUT2D eigenvalue weighted by Gasteiger charge is -2.06. The minimum Gasteiger partial charge on any atom is -0.497 e. The normalized spacial score (nSPS) is 10.7. The zero-order chi connectivity index (χ0) is 20.6. The van der Waals surface area contributed by atoms with Crippen molar-refractivity contribution in [2.75, 3.05) is 18.2 Å². The molecule has 0 atom stereocenters. The molecule has 0 saturated carbocycles. The van der Waals surface area contributed by atoms with E-state index in [0.29, 0.717) is 21.7 Å². The quantitative estimate of drug-likeness (QED) is 0.291. The molecule has 1 aromatic carbocycles. The molecule has 0 fully saturated rings. The minimum atomic E-state index is -0.298. The average Bonchev–Trinajstić information content (AvgIpc) is 3.13. The number of H-pyrrole nitrogens is 1. The van der Waals surface area contributed by atoms with Crippen LogP contribution in [0.4, 0.5) is 5.13 Å². The lowest BCUT2D eigenvalue weighted by Crippen LogP contribution is -2.18. The maximum atomic E-state index is 12.3. The van der Waals surface area contributed by atoms with Crippen molar-refractivity contribution in [2.24, 2.45) is 0 Å². The molecule has 2 N–H and O–H groups in total. The predicted molar refractivity (Wildman–Crippen MR) is 116 cm³/mol. The Balaban J connectivity index is 1.61. The molecule has 152 valence electrons. The van der Waals surface area contributed by atoms with Gasteiger partial charge in [0, 0.05) is 11.8 Å². The number of nitrogens with zero attached hydrogens (tertiary/aromatic N) is 3. The number of hydrogen-bond acceptors (Lipinski definition) is 9. The molecule has 0 aliphatic heterocycles. The van der Waals surface area contributed by atoms with Crippen molar-refractivity contribution >= 4 is 45.9 Å². The first-order valence-corrected chi connectivity index (χ1v) is 11.5. The van der Waals surface area contributed by atoms with E-state index in [1.807, 2.05) is 31.2 Å². The molecule has 11 heteroatoms. The van der Waals surface area contributed by atoms with Crippen LogP contribution in [0.15, 0.2) is 44.6 Å². The maximum absolute atomic E-state index is 12.3. The van der Waals surface area contributed by atoms with E-state index in [4.69, 9.17) is 4.74 Å². The van der Waals surface area contributed by atoms with Gasteiger partial charge in [-0.05, 0) is 23.4 Å². The Morgan fingerprint density at radius 1 is 1.28 bits per heavy atom. The van der Waals surface area contributed by atoms with Crippen molar-refractivity contribution in [3.63, 3.8) is 0 Å². The van der Waals surface area contributed by atoms with Crippen LogP contribution in [0.3, 0.4) is 0 Å². The number of amides is 1. The number of carbonyl (C=O) groups is 1. The van der Waals surface area contributed by atoms with Gasteiger partial charge in [0.05, 0.1) is 19.2 Å². The Hall–Kier alpha value is -2.37. The minimum absolute atomic E-state index is 0.0214. The standard InChI is InChI=1S/C18H19N5O3S3/c1-3-27-18-23-22-17(29-18)21-15(25)9-12-8-14(24)20-16(19-12)28-10-11-5-4-6-13(7-11)26-2/h4-8H,3,9-10H2,1-2H3,(H,19,20,24)(H,21,22,25). The van der Waals surface area contributed by atoms with Crippen LogP contribution in [-0.2, 0) is 17.0 Å². The molecule has 2 aromatic heterocycles. The number of nitrogens with one attached hydrogen (secondary N) is 2. The molecule has 3 aromatic rings. The number of anilines is 1. The molecule has 3 rings (SSSR count). The van der Waals surface area contributed by atoms with E-state index in [1.54, 1.807) is 18.9 Å². The highest BCUT2D eigenvalue weighted by Crippen LogP contribution is 2.25. The van der Waals surface area contributed by atoms with E-state index in [-0.39, 0.29) is 17.9 Å². The first-order valence-electron chi connectivity index (χ1n) is 8.68. The van der Waals surface area contributed by atoms with Gasteiger partial charge < -0.3 is 15.0 Å². The second-order valence-corrected chi connectivity index (χ2v) is 9.17. The summed E-state index contributed by atoms with van der Waals surface area (Å²) in [5.41, 5.74) is 1.14. The third kappa shape index (κ3) is 6.58. The van der Waals surface area contributed by atoms with Gasteiger partial charge in [0.1, 0.15) is 5.75 Å². The maximum Gasteiger partial charge on any atom is 0.251 e. The van der Waals surface area contributed by atoms with Crippen LogP contribution in [0, 0.1) is 0 Å². The molecular formula is C18H19N5O3S3. The Morgan fingerprint density at radius 3 is 2.93 bits per heavy atom. The van der Waals surface area contributed by atoms with Crippen LogP contribution in [0.5, 0.6) is 5.75 Å². The summed E-state index contributed by atoms with van der Waals surface area (Å²) in [6.45, 7) is 2.02. The molecule has 0 saturated heterocycles. The summed E-state index contributed by atoms with van der Waals surface area (Å²) in [6.07, 6.45) is -0.0214. The molecule has 8 nitrogen and oxygen atoms in total.